The number of nitrogens with zero attached hydrogens (tertiary/aromatic N) is 1. The van der Waals surface area contributed by atoms with Crippen molar-refractivity contribution >= 4 is 5.96 Å². The fourth-order valence-electron chi connectivity index (χ4n) is 2.26. The maximum absolute atomic E-state index is 4.71. The number of hydrogen-bond donors (Lipinski definition) is 2. The summed E-state index contributed by atoms with van der Waals surface area (Å²) in [5.41, 5.74) is 0. The average molecular weight is 235 g/mol. The van der Waals surface area contributed by atoms with Crippen molar-refractivity contribution in [3.63, 3.8) is 0 Å². The summed E-state index contributed by atoms with van der Waals surface area (Å²) < 4.78 is 0. The fourth-order valence-corrected chi connectivity index (χ4v) is 2.26. The molecule has 3 atom stereocenters. The summed E-state index contributed by atoms with van der Waals surface area (Å²) in [6.07, 6.45) is 9.59. The molecule has 2 N–H and O–H groups in total. The first-order chi connectivity index (χ1) is 8.29. The molecule has 3 heteroatoms. The van der Waals surface area contributed by atoms with Crippen LogP contribution in [0.5, 0.6) is 0 Å². The molecular weight excluding hydrogens is 210 g/mol. The second-order valence-corrected chi connectivity index (χ2v) is 5.33. The molecule has 2 aliphatic rings. The van der Waals surface area contributed by atoms with E-state index in [2.05, 4.69) is 36.6 Å². The van der Waals surface area contributed by atoms with Gasteiger partial charge < -0.3 is 10.6 Å². The lowest BCUT2D eigenvalue weighted by atomic mass is 9.95. The van der Waals surface area contributed by atoms with Gasteiger partial charge in [0.1, 0.15) is 0 Å². The van der Waals surface area contributed by atoms with E-state index in [9.17, 15) is 0 Å². The van der Waals surface area contributed by atoms with Crippen molar-refractivity contribution < 1.29 is 0 Å². The van der Waals surface area contributed by atoms with Crippen molar-refractivity contribution in [2.75, 3.05) is 13.1 Å². The Balaban J connectivity index is 1.79. The van der Waals surface area contributed by atoms with Gasteiger partial charge >= 0.3 is 0 Å². The normalized spacial score (nSPS) is 32.4. The quantitative estimate of drug-likeness (QED) is 0.446. The van der Waals surface area contributed by atoms with Crippen LogP contribution in [0.1, 0.15) is 39.5 Å². The zero-order chi connectivity index (χ0) is 12.1. The Kier molecular flexibility index (Phi) is 4.46. The van der Waals surface area contributed by atoms with Gasteiger partial charge in [-0.15, -0.1) is 0 Å². The molecule has 0 radical (unpaired) electrons. The summed E-state index contributed by atoms with van der Waals surface area (Å²) in [6.45, 7) is 6.31. The zero-order valence-electron chi connectivity index (χ0n) is 11.1. The number of rotatable bonds is 4. The molecule has 3 unspecified atom stereocenters. The van der Waals surface area contributed by atoms with Crippen LogP contribution in [0, 0.1) is 11.8 Å². The summed E-state index contributed by atoms with van der Waals surface area (Å²) >= 11 is 0. The van der Waals surface area contributed by atoms with Gasteiger partial charge in [-0.2, -0.15) is 0 Å². The number of hydrogen-bond acceptors (Lipinski definition) is 1. The van der Waals surface area contributed by atoms with Crippen LogP contribution in [0.25, 0.3) is 0 Å². The number of aliphatic imine (C=N–C) groups is 1. The first-order valence-electron chi connectivity index (χ1n) is 6.99. The lowest BCUT2D eigenvalue weighted by molar-refractivity contribution is 0.490. The van der Waals surface area contributed by atoms with Crippen LogP contribution >= 0.6 is 0 Å². The van der Waals surface area contributed by atoms with Crippen LogP contribution in [0.15, 0.2) is 17.1 Å². The molecule has 0 spiro atoms. The molecule has 0 aromatic rings. The molecule has 96 valence electrons. The van der Waals surface area contributed by atoms with E-state index in [1.54, 1.807) is 0 Å². The molecule has 0 aliphatic heterocycles. The summed E-state index contributed by atoms with van der Waals surface area (Å²) in [5.74, 6) is 2.57. The lowest BCUT2D eigenvalue weighted by Crippen LogP contribution is -2.39. The van der Waals surface area contributed by atoms with Gasteiger partial charge in [-0.1, -0.05) is 19.1 Å². The third-order valence-corrected chi connectivity index (χ3v) is 3.66. The van der Waals surface area contributed by atoms with E-state index in [4.69, 9.17) is 4.99 Å². The lowest BCUT2D eigenvalue weighted by Gasteiger charge is -2.17. The van der Waals surface area contributed by atoms with Gasteiger partial charge in [-0.3, -0.25) is 4.99 Å². The maximum Gasteiger partial charge on any atom is 0.191 e. The molecule has 2 rings (SSSR count). The van der Waals surface area contributed by atoms with Gasteiger partial charge in [-0.05, 0) is 44.4 Å². The van der Waals surface area contributed by atoms with Gasteiger partial charge in [0, 0.05) is 19.1 Å². The highest BCUT2D eigenvalue weighted by atomic mass is 15.2. The van der Waals surface area contributed by atoms with Crippen molar-refractivity contribution in [1.82, 2.24) is 10.6 Å². The Labute approximate surface area is 105 Å². The Hall–Kier alpha value is -0.990. The van der Waals surface area contributed by atoms with E-state index in [0.29, 0.717) is 6.04 Å². The van der Waals surface area contributed by atoms with E-state index in [0.717, 1.165) is 30.9 Å². The summed E-state index contributed by atoms with van der Waals surface area (Å²) in [4.78, 5) is 4.71. The van der Waals surface area contributed by atoms with Crippen LogP contribution in [-0.2, 0) is 0 Å². The highest BCUT2D eigenvalue weighted by molar-refractivity contribution is 5.80. The SMILES string of the molecule is CCNC(=NCC1CC=CCC1)NC1CC1C. The molecule has 2 aliphatic carbocycles. The highest BCUT2D eigenvalue weighted by Gasteiger charge is 2.33. The van der Waals surface area contributed by atoms with Crippen LogP contribution in [0.4, 0.5) is 0 Å². The smallest absolute Gasteiger partial charge is 0.191 e. The standard InChI is InChI=1S/C14H25N3/c1-3-15-14(17-13-9-11(13)2)16-10-12-7-5-4-6-8-12/h4-5,11-13H,3,6-10H2,1-2H3,(H2,15,16,17). The molecule has 0 bridgehead atoms. The Morgan fingerprint density at radius 1 is 1.41 bits per heavy atom. The number of allylic oxidation sites excluding steroid dienone is 2. The molecular formula is C14H25N3. The molecule has 3 nitrogen and oxygen atoms in total. The van der Waals surface area contributed by atoms with Gasteiger partial charge in [0.2, 0.25) is 0 Å². The molecule has 17 heavy (non-hydrogen) atoms. The number of nitrogens with one attached hydrogen (secondary N) is 2. The van der Waals surface area contributed by atoms with E-state index in [1.165, 1.54) is 25.7 Å². The first-order valence-corrected chi connectivity index (χ1v) is 6.99. The summed E-state index contributed by atoms with van der Waals surface area (Å²) in [5, 5.41) is 6.84. The Morgan fingerprint density at radius 2 is 2.24 bits per heavy atom. The predicted molar refractivity (Wildman–Crippen MR) is 73.2 cm³/mol. The molecule has 0 heterocycles. The van der Waals surface area contributed by atoms with Crippen molar-refractivity contribution in [1.29, 1.82) is 0 Å². The largest absolute Gasteiger partial charge is 0.357 e. The third kappa shape index (κ3) is 4.06. The molecule has 0 aromatic heterocycles. The minimum atomic E-state index is 0.652. The summed E-state index contributed by atoms with van der Waals surface area (Å²) in [6, 6.07) is 0.652. The molecule has 1 fully saturated rings. The molecule has 0 saturated heterocycles. The molecule has 0 amide bonds. The topological polar surface area (TPSA) is 36.4 Å². The van der Waals surface area contributed by atoms with Crippen LogP contribution < -0.4 is 10.6 Å². The van der Waals surface area contributed by atoms with Crippen LogP contribution in [-0.4, -0.2) is 25.1 Å². The predicted octanol–water partition coefficient (Wildman–Crippen LogP) is 2.31. The first kappa shape index (κ1) is 12.5. The van der Waals surface area contributed by atoms with E-state index < -0.39 is 0 Å². The fraction of sp³-hybridized carbons (Fsp3) is 0.786. The second-order valence-electron chi connectivity index (χ2n) is 5.33. The van der Waals surface area contributed by atoms with Gasteiger partial charge in [0.05, 0.1) is 0 Å². The average Bonchev–Trinajstić information content (AvgIpc) is 3.04. The van der Waals surface area contributed by atoms with E-state index in [-0.39, 0.29) is 0 Å². The van der Waals surface area contributed by atoms with Gasteiger partial charge in [-0.25, -0.2) is 0 Å². The number of guanidine groups is 1. The van der Waals surface area contributed by atoms with Crippen molar-refractivity contribution in [3.8, 4) is 0 Å². The molecule has 0 aromatic carbocycles. The summed E-state index contributed by atoms with van der Waals surface area (Å²) in [7, 11) is 0. The highest BCUT2D eigenvalue weighted by Crippen LogP contribution is 2.28. The Morgan fingerprint density at radius 3 is 2.82 bits per heavy atom. The second kappa shape index (κ2) is 6.08. The van der Waals surface area contributed by atoms with Crippen molar-refractivity contribution in [2.24, 2.45) is 16.8 Å². The van der Waals surface area contributed by atoms with Gasteiger partial charge in [0.25, 0.3) is 0 Å². The van der Waals surface area contributed by atoms with E-state index in [1.807, 2.05) is 0 Å². The van der Waals surface area contributed by atoms with E-state index >= 15 is 0 Å². The maximum atomic E-state index is 4.71. The minimum absolute atomic E-state index is 0.652. The van der Waals surface area contributed by atoms with Crippen LogP contribution in [0.2, 0.25) is 0 Å². The minimum Gasteiger partial charge on any atom is -0.357 e. The Bertz CT molecular complexity index is 296. The molecule has 1 saturated carbocycles. The van der Waals surface area contributed by atoms with Crippen molar-refractivity contribution in [3.05, 3.63) is 12.2 Å². The van der Waals surface area contributed by atoms with Gasteiger partial charge in [0.15, 0.2) is 5.96 Å². The monoisotopic (exact) mass is 235 g/mol. The van der Waals surface area contributed by atoms with Crippen molar-refractivity contribution in [2.45, 2.75) is 45.6 Å². The zero-order valence-corrected chi connectivity index (χ0v) is 11.1. The van der Waals surface area contributed by atoms with Crippen LogP contribution in [0.3, 0.4) is 0 Å². The third-order valence-electron chi connectivity index (χ3n) is 3.66.